The monoisotopic (exact) mass is 275 g/mol. The summed E-state index contributed by atoms with van der Waals surface area (Å²) in [7, 11) is 0. The first-order valence-corrected chi connectivity index (χ1v) is 6.93. The molecule has 2 aromatic rings. The lowest BCUT2D eigenvalue weighted by atomic mass is 10.1. The van der Waals surface area contributed by atoms with Crippen LogP contribution in [0.15, 0.2) is 18.3 Å². The molecule has 1 aromatic carbocycles. The average Bonchev–Trinajstić information content (AvgIpc) is 2.44. The van der Waals surface area contributed by atoms with E-state index in [2.05, 4.69) is 10.3 Å². The second-order valence-electron chi connectivity index (χ2n) is 4.27. The average molecular weight is 275 g/mol. The van der Waals surface area contributed by atoms with Crippen LogP contribution in [0.3, 0.4) is 0 Å². The summed E-state index contributed by atoms with van der Waals surface area (Å²) >= 11 is 0. The molecule has 1 heterocycles. The Morgan fingerprint density at radius 2 is 1.75 bits per heavy atom. The molecule has 0 saturated carbocycles. The van der Waals surface area contributed by atoms with Crippen LogP contribution in [0, 0.1) is 0 Å². The molecule has 1 aromatic heterocycles. The summed E-state index contributed by atoms with van der Waals surface area (Å²) in [6.07, 6.45) is 1.65. The fourth-order valence-corrected chi connectivity index (χ4v) is 2.18. The fraction of sp³-hybridized carbons (Fsp3) is 0.400. The van der Waals surface area contributed by atoms with Crippen LogP contribution in [-0.2, 0) is 0 Å². The zero-order valence-corrected chi connectivity index (χ0v) is 12.2. The molecule has 3 N–H and O–H groups in total. The van der Waals surface area contributed by atoms with Gasteiger partial charge in [-0.05, 0) is 32.9 Å². The van der Waals surface area contributed by atoms with Crippen LogP contribution in [0.5, 0.6) is 11.5 Å². The van der Waals surface area contributed by atoms with Crippen molar-refractivity contribution in [2.24, 2.45) is 0 Å². The quantitative estimate of drug-likeness (QED) is 0.848. The van der Waals surface area contributed by atoms with Gasteiger partial charge in [0.25, 0.3) is 0 Å². The molecule has 0 aliphatic rings. The molecule has 0 fully saturated rings. The fourth-order valence-electron chi connectivity index (χ4n) is 2.18. The minimum atomic E-state index is 0.587. The summed E-state index contributed by atoms with van der Waals surface area (Å²) < 4.78 is 11.3. The summed E-state index contributed by atoms with van der Waals surface area (Å²) in [5.74, 6) is 1.51. The molecule has 0 spiro atoms. The number of anilines is 2. The lowest BCUT2D eigenvalue weighted by Gasteiger charge is -2.16. The van der Waals surface area contributed by atoms with Gasteiger partial charge in [0.1, 0.15) is 17.0 Å². The minimum Gasteiger partial charge on any atom is -0.493 e. The number of ether oxygens (including phenoxy) is 2. The zero-order chi connectivity index (χ0) is 14.5. The van der Waals surface area contributed by atoms with Gasteiger partial charge in [-0.1, -0.05) is 0 Å². The minimum absolute atomic E-state index is 0.587. The summed E-state index contributed by atoms with van der Waals surface area (Å²) in [6, 6.07) is 3.79. The van der Waals surface area contributed by atoms with Gasteiger partial charge in [0.15, 0.2) is 0 Å². The van der Waals surface area contributed by atoms with Crippen molar-refractivity contribution in [3.8, 4) is 11.5 Å². The van der Waals surface area contributed by atoms with Crippen LogP contribution in [0.2, 0.25) is 0 Å². The van der Waals surface area contributed by atoms with E-state index in [-0.39, 0.29) is 0 Å². The Morgan fingerprint density at radius 1 is 1.10 bits per heavy atom. The van der Waals surface area contributed by atoms with E-state index in [4.69, 9.17) is 15.2 Å². The Balaban J connectivity index is 2.73. The number of hydrogen-bond donors (Lipinski definition) is 2. The molecule has 0 bridgehead atoms. The number of nitrogens with one attached hydrogen (secondary N) is 1. The first kappa shape index (κ1) is 14.2. The van der Waals surface area contributed by atoms with Crippen molar-refractivity contribution in [3.63, 3.8) is 0 Å². The third-order valence-electron chi connectivity index (χ3n) is 2.93. The zero-order valence-electron chi connectivity index (χ0n) is 12.2. The number of hydrogen-bond acceptors (Lipinski definition) is 5. The third kappa shape index (κ3) is 2.57. The van der Waals surface area contributed by atoms with Gasteiger partial charge in [-0.3, -0.25) is 0 Å². The van der Waals surface area contributed by atoms with Gasteiger partial charge in [-0.15, -0.1) is 0 Å². The third-order valence-corrected chi connectivity index (χ3v) is 2.93. The SMILES string of the molecule is CCNc1c(N)cnc2c(OCC)ccc(OCC)c12. The number of aromatic nitrogens is 1. The Morgan fingerprint density at radius 3 is 2.40 bits per heavy atom. The first-order valence-electron chi connectivity index (χ1n) is 6.93. The predicted octanol–water partition coefficient (Wildman–Crippen LogP) is 3.05. The Hall–Kier alpha value is -2.17. The van der Waals surface area contributed by atoms with E-state index in [1.54, 1.807) is 6.20 Å². The highest BCUT2D eigenvalue weighted by atomic mass is 16.5. The van der Waals surface area contributed by atoms with Gasteiger partial charge >= 0.3 is 0 Å². The van der Waals surface area contributed by atoms with E-state index in [9.17, 15) is 0 Å². The van der Waals surface area contributed by atoms with E-state index in [1.807, 2.05) is 32.9 Å². The van der Waals surface area contributed by atoms with E-state index in [0.29, 0.717) is 18.9 Å². The highest BCUT2D eigenvalue weighted by molar-refractivity contribution is 6.03. The Kier molecular flexibility index (Phi) is 4.50. The smallest absolute Gasteiger partial charge is 0.145 e. The molecule has 0 atom stereocenters. The predicted molar refractivity (Wildman–Crippen MR) is 82.7 cm³/mol. The number of fused-ring (bicyclic) bond motifs is 1. The van der Waals surface area contributed by atoms with Crippen molar-refractivity contribution >= 4 is 22.3 Å². The topological polar surface area (TPSA) is 69.4 Å². The van der Waals surface area contributed by atoms with Crippen LogP contribution in [0.4, 0.5) is 11.4 Å². The van der Waals surface area contributed by atoms with Crippen LogP contribution >= 0.6 is 0 Å². The molecule has 0 aliphatic carbocycles. The summed E-state index contributed by atoms with van der Waals surface area (Å²) in [4.78, 5) is 4.42. The van der Waals surface area contributed by atoms with Gasteiger partial charge in [-0.25, -0.2) is 4.98 Å². The molecule has 0 amide bonds. The largest absolute Gasteiger partial charge is 0.493 e. The second kappa shape index (κ2) is 6.32. The number of nitrogens with two attached hydrogens (primary N) is 1. The molecule has 0 saturated heterocycles. The Bertz CT molecular complexity index is 599. The summed E-state index contributed by atoms with van der Waals surface area (Å²) in [6.45, 7) is 7.88. The second-order valence-corrected chi connectivity index (χ2v) is 4.27. The lowest BCUT2D eigenvalue weighted by Crippen LogP contribution is -2.05. The number of pyridine rings is 1. The molecule has 0 unspecified atom stereocenters. The molecule has 0 aliphatic heterocycles. The van der Waals surface area contributed by atoms with Crippen LogP contribution < -0.4 is 20.5 Å². The van der Waals surface area contributed by atoms with E-state index >= 15 is 0 Å². The van der Waals surface area contributed by atoms with Crippen molar-refractivity contribution in [2.45, 2.75) is 20.8 Å². The van der Waals surface area contributed by atoms with E-state index in [1.165, 1.54) is 0 Å². The maximum Gasteiger partial charge on any atom is 0.145 e. The number of benzene rings is 1. The maximum absolute atomic E-state index is 6.04. The standard InChI is InChI=1S/C15H21N3O2/c1-4-17-14-10(16)9-18-15-12(20-6-3)8-7-11(13(14)15)19-5-2/h7-9H,4-6,16H2,1-3H3,(H,17,18). The Labute approximate surface area is 119 Å². The number of rotatable bonds is 6. The molecule has 108 valence electrons. The van der Waals surface area contributed by atoms with Crippen molar-refractivity contribution in [1.29, 1.82) is 0 Å². The molecule has 0 radical (unpaired) electrons. The summed E-state index contributed by atoms with van der Waals surface area (Å²) in [5, 5.41) is 4.16. The highest BCUT2D eigenvalue weighted by Crippen LogP contribution is 2.39. The molecule has 20 heavy (non-hydrogen) atoms. The normalized spacial score (nSPS) is 10.6. The molecule has 2 rings (SSSR count). The molecular formula is C15H21N3O2. The van der Waals surface area contributed by atoms with Gasteiger partial charge in [0.05, 0.1) is 36.2 Å². The van der Waals surface area contributed by atoms with Crippen molar-refractivity contribution in [2.75, 3.05) is 30.8 Å². The van der Waals surface area contributed by atoms with Crippen molar-refractivity contribution in [1.82, 2.24) is 4.98 Å². The van der Waals surface area contributed by atoms with Crippen LogP contribution in [-0.4, -0.2) is 24.7 Å². The van der Waals surface area contributed by atoms with Crippen LogP contribution in [0.1, 0.15) is 20.8 Å². The van der Waals surface area contributed by atoms with Crippen molar-refractivity contribution in [3.05, 3.63) is 18.3 Å². The lowest BCUT2D eigenvalue weighted by molar-refractivity contribution is 0.336. The van der Waals surface area contributed by atoms with Crippen molar-refractivity contribution < 1.29 is 9.47 Å². The molecule has 5 heteroatoms. The molecule has 5 nitrogen and oxygen atoms in total. The van der Waals surface area contributed by atoms with E-state index in [0.717, 1.165) is 34.6 Å². The van der Waals surface area contributed by atoms with Gasteiger partial charge in [0, 0.05) is 6.54 Å². The molecular weight excluding hydrogens is 254 g/mol. The first-order chi connectivity index (χ1) is 9.72. The van der Waals surface area contributed by atoms with E-state index < -0.39 is 0 Å². The maximum atomic E-state index is 6.04. The van der Waals surface area contributed by atoms with Gasteiger partial charge in [0.2, 0.25) is 0 Å². The summed E-state index contributed by atoms with van der Waals surface area (Å²) in [5.41, 5.74) is 8.26. The van der Waals surface area contributed by atoms with Gasteiger partial charge < -0.3 is 20.5 Å². The number of nitrogen functional groups attached to an aromatic ring is 1. The number of nitrogens with zero attached hydrogens (tertiary/aromatic N) is 1. The van der Waals surface area contributed by atoms with Gasteiger partial charge in [-0.2, -0.15) is 0 Å². The van der Waals surface area contributed by atoms with Crippen LogP contribution in [0.25, 0.3) is 10.9 Å². The highest BCUT2D eigenvalue weighted by Gasteiger charge is 2.15.